The normalized spacial score (nSPS) is 15.4. The minimum Gasteiger partial charge on any atom is -0.272 e. The van der Waals surface area contributed by atoms with E-state index in [0.717, 1.165) is 17.2 Å². The van der Waals surface area contributed by atoms with Crippen LogP contribution >= 0.6 is 11.8 Å². The van der Waals surface area contributed by atoms with Crippen LogP contribution in [-0.2, 0) is 4.79 Å². The molecule has 1 aromatic carbocycles. The van der Waals surface area contributed by atoms with Gasteiger partial charge in [-0.15, -0.1) is 0 Å². The van der Waals surface area contributed by atoms with Gasteiger partial charge in [0.25, 0.3) is 5.91 Å². The highest BCUT2D eigenvalue weighted by Gasteiger charge is 2.24. The van der Waals surface area contributed by atoms with Gasteiger partial charge in [0.05, 0.1) is 17.8 Å². The maximum Gasteiger partial charge on any atom is 0.253 e. The van der Waals surface area contributed by atoms with E-state index < -0.39 is 0 Å². The third-order valence-corrected chi connectivity index (χ3v) is 3.50. The number of carbonyl (C=O) groups is 1. The Kier molecular flexibility index (Phi) is 3.52. The zero-order valence-electron chi connectivity index (χ0n) is 10.4. The average Bonchev–Trinajstić information content (AvgIpc) is 2.64. The molecule has 4 heteroatoms. The van der Waals surface area contributed by atoms with Crippen molar-refractivity contribution in [3.63, 3.8) is 0 Å². The number of carbonyl (C=O) groups excluding carboxylic acids is 1. The predicted octanol–water partition coefficient (Wildman–Crippen LogP) is 2.76. The first-order chi connectivity index (χ1) is 8.11. The van der Waals surface area contributed by atoms with Crippen molar-refractivity contribution in [1.29, 1.82) is 0 Å². The second kappa shape index (κ2) is 4.92. The van der Waals surface area contributed by atoms with Crippen LogP contribution in [0.2, 0.25) is 0 Å². The summed E-state index contributed by atoms with van der Waals surface area (Å²) in [5, 5.41) is 5.91. The van der Waals surface area contributed by atoms with Gasteiger partial charge in [-0.3, -0.25) is 4.79 Å². The molecule has 1 aliphatic rings. The first-order valence-electron chi connectivity index (χ1n) is 5.57. The van der Waals surface area contributed by atoms with Crippen LogP contribution < -0.4 is 5.01 Å². The zero-order valence-corrected chi connectivity index (χ0v) is 11.2. The number of hydrazone groups is 1. The second-order valence-corrected chi connectivity index (χ2v) is 5.12. The summed E-state index contributed by atoms with van der Waals surface area (Å²) in [5.74, 6) is 0.893. The van der Waals surface area contributed by atoms with Crippen molar-refractivity contribution in [2.45, 2.75) is 20.3 Å². The van der Waals surface area contributed by atoms with Crippen LogP contribution in [0.15, 0.2) is 23.3 Å². The van der Waals surface area contributed by atoms with Crippen LogP contribution in [0.4, 0.5) is 5.69 Å². The molecular weight excluding hydrogens is 232 g/mol. The van der Waals surface area contributed by atoms with E-state index in [4.69, 9.17) is 0 Å². The van der Waals surface area contributed by atoms with Gasteiger partial charge in [-0.25, -0.2) is 5.01 Å². The first kappa shape index (κ1) is 12.2. The average molecular weight is 248 g/mol. The van der Waals surface area contributed by atoms with Gasteiger partial charge in [-0.2, -0.15) is 16.9 Å². The van der Waals surface area contributed by atoms with Gasteiger partial charge in [0.15, 0.2) is 0 Å². The smallest absolute Gasteiger partial charge is 0.253 e. The highest BCUT2D eigenvalue weighted by atomic mass is 32.2. The molecule has 0 N–H and O–H groups in total. The fourth-order valence-corrected chi connectivity index (χ4v) is 2.28. The van der Waals surface area contributed by atoms with Crippen LogP contribution in [0, 0.1) is 13.8 Å². The molecule has 2 rings (SSSR count). The standard InChI is InChI=1S/C13H16N2OS/c1-9-4-5-12(6-10(9)2)15-13(16)7-11(14-15)8-17-3/h4-6H,7-8H2,1-3H3. The molecule has 0 fully saturated rings. The van der Waals surface area contributed by atoms with E-state index in [9.17, 15) is 4.79 Å². The predicted molar refractivity (Wildman–Crippen MR) is 73.8 cm³/mol. The summed E-state index contributed by atoms with van der Waals surface area (Å²) < 4.78 is 0. The first-order valence-corrected chi connectivity index (χ1v) is 6.96. The number of thioether (sulfide) groups is 1. The number of rotatable bonds is 3. The molecule has 0 radical (unpaired) electrons. The molecule has 90 valence electrons. The lowest BCUT2D eigenvalue weighted by molar-refractivity contribution is -0.116. The van der Waals surface area contributed by atoms with E-state index >= 15 is 0 Å². The third-order valence-electron chi connectivity index (χ3n) is 2.88. The maximum absolute atomic E-state index is 11.9. The van der Waals surface area contributed by atoms with Crippen LogP contribution in [0.3, 0.4) is 0 Å². The van der Waals surface area contributed by atoms with Crippen molar-refractivity contribution >= 4 is 29.1 Å². The molecule has 0 saturated heterocycles. The number of hydrogen-bond acceptors (Lipinski definition) is 3. The maximum atomic E-state index is 11.9. The third kappa shape index (κ3) is 2.52. The van der Waals surface area contributed by atoms with E-state index in [0.29, 0.717) is 6.42 Å². The Morgan fingerprint density at radius 2 is 2.12 bits per heavy atom. The molecule has 0 saturated carbocycles. The van der Waals surface area contributed by atoms with Crippen molar-refractivity contribution in [2.75, 3.05) is 17.0 Å². The van der Waals surface area contributed by atoms with Crippen LogP contribution in [0.25, 0.3) is 0 Å². The molecule has 1 heterocycles. The molecule has 0 aromatic heterocycles. The molecule has 0 bridgehead atoms. The van der Waals surface area contributed by atoms with Crippen LogP contribution in [-0.4, -0.2) is 23.6 Å². The number of nitrogens with zero attached hydrogens (tertiary/aromatic N) is 2. The molecule has 0 spiro atoms. The van der Waals surface area contributed by atoms with Gasteiger partial charge >= 0.3 is 0 Å². The number of benzene rings is 1. The summed E-state index contributed by atoms with van der Waals surface area (Å²) in [6, 6.07) is 5.99. The van der Waals surface area contributed by atoms with Crippen molar-refractivity contribution < 1.29 is 4.79 Å². The Labute approximate surface area is 106 Å². The van der Waals surface area contributed by atoms with Gasteiger partial charge in [0.1, 0.15) is 0 Å². The van der Waals surface area contributed by atoms with Crippen molar-refractivity contribution in [2.24, 2.45) is 5.10 Å². The molecule has 0 unspecified atom stereocenters. The SMILES string of the molecule is CSCC1=NN(c2ccc(C)c(C)c2)C(=O)C1. The van der Waals surface area contributed by atoms with Crippen LogP contribution in [0.5, 0.6) is 0 Å². The summed E-state index contributed by atoms with van der Waals surface area (Å²) in [4.78, 5) is 11.9. The Balaban J connectivity index is 2.27. The molecule has 3 nitrogen and oxygen atoms in total. The van der Waals surface area contributed by atoms with Gasteiger partial charge in [0, 0.05) is 5.75 Å². The van der Waals surface area contributed by atoms with E-state index in [1.54, 1.807) is 11.8 Å². The van der Waals surface area contributed by atoms with Crippen molar-refractivity contribution in [1.82, 2.24) is 0 Å². The van der Waals surface area contributed by atoms with Gasteiger partial charge < -0.3 is 0 Å². The fourth-order valence-electron chi connectivity index (χ4n) is 1.79. The number of hydrogen-bond donors (Lipinski definition) is 0. The second-order valence-electron chi connectivity index (χ2n) is 4.25. The lowest BCUT2D eigenvalue weighted by Gasteiger charge is -2.13. The number of anilines is 1. The molecule has 0 aliphatic carbocycles. The molecule has 1 amide bonds. The highest BCUT2D eigenvalue weighted by molar-refractivity contribution is 7.99. The lowest BCUT2D eigenvalue weighted by Crippen LogP contribution is -2.19. The van der Waals surface area contributed by atoms with Gasteiger partial charge in [-0.1, -0.05) is 6.07 Å². The molecule has 0 atom stereocenters. The molecule has 1 aromatic rings. The van der Waals surface area contributed by atoms with Crippen molar-refractivity contribution in [3.8, 4) is 0 Å². The largest absolute Gasteiger partial charge is 0.272 e. The summed E-state index contributed by atoms with van der Waals surface area (Å²) in [5.41, 5.74) is 4.24. The highest BCUT2D eigenvalue weighted by Crippen LogP contribution is 2.23. The quantitative estimate of drug-likeness (QED) is 0.824. The molecule has 1 aliphatic heterocycles. The molecular formula is C13H16N2OS. The van der Waals surface area contributed by atoms with E-state index in [2.05, 4.69) is 12.0 Å². The fraction of sp³-hybridized carbons (Fsp3) is 0.385. The van der Waals surface area contributed by atoms with Gasteiger partial charge in [-0.05, 0) is 43.4 Å². The minimum absolute atomic E-state index is 0.0669. The number of amides is 1. The van der Waals surface area contributed by atoms with E-state index in [1.807, 2.05) is 31.4 Å². The van der Waals surface area contributed by atoms with E-state index in [-0.39, 0.29) is 5.91 Å². The Morgan fingerprint density at radius 1 is 1.35 bits per heavy atom. The van der Waals surface area contributed by atoms with Crippen molar-refractivity contribution in [3.05, 3.63) is 29.3 Å². The topological polar surface area (TPSA) is 32.7 Å². The summed E-state index contributed by atoms with van der Waals surface area (Å²) in [7, 11) is 0. The van der Waals surface area contributed by atoms with Gasteiger partial charge in [0.2, 0.25) is 0 Å². The molecule has 17 heavy (non-hydrogen) atoms. The Hall–Kier alpha value is -1.29. The lowest BCUT2D eigenvalue weighted by atomic mass is 10.1. The Morgan fingerprint density at radius 3 is 2.76 bits per heavy atom. The number of aryl methyl sites for hydroxylation is 2. The Bertz CT molecular complexity index is 482. The summed E-state index contributed by atoms with van der Waals surface area (Å²) >= 11 is 1.69. The minimum atomic E-state index is 0.0669. The summed E-state index contributed by atoms with van der Waals surface area (Å²) in [6.45, 7) is 4.11. The summed E-state index contributed by atoms with van der Waals surface area (Å²) in [6.07, 6.45) is 2.47. The van der Waals surface area contributed by atoms with Crippen LogP contribution in [0.1, 0.15) is 17.5 Å². The monoisotopic (exact) mass is 248 g/mol. The zero-order chi connectivity index (χ0) is 12.4. The van der Waals surface area contributed by atoms with E-state index in [1.165, 1.54) is 16.1 Å².